The van der Waals surface area contributed by atoms with Gasteiger partial charge in [-0.2, -0.15) is 10.2 Å². The molecule has 12 heteroatoms. The number of aryl methyl sites for hydroxylation is 1. The van der Waals surface area contributed by atoms with Gasteiger partial charge in [-0.3, -0.25) is 5.32 Å². The lowest BCUT2D eigenvalue weighted by Crippen LogP contribution is -2.24. The number of nitrogens with zero attached hydrogens (tertiary/aromatic N) is 5. The molecule has 5 aromatic rings. The average molecular weight is 521 g/mol. The normalized spacial score (nSPS) is 11.9. The number of ether oxygens (including phenoxy) is 3. The second-order valence-corrected chi connectivity index (χ2v) is 9.18. The van der Waals surface area contributed by atoms with E-state index in [-0.39, 0.29) is 12.4 Å². The molecule has 0 unspecified atom stereocenters. The molecule has 0 spiro atoms. The number of halogens is 1. The molecule has 5 rings (SSSR count). The molecule has 3 aromatic heterocycles. The lowest BCUT2D eigenvalue weighted by atomic mass is 10.1. The summed E-state index contributed by atoms with van der Waals surface area (Å²) in [7, 11) is 1.54. The number of fused-ring (bicyclic) bond motifs is 2. The highest BCUT2D eigenvalue weighted by Gasteiger charge is 2.17. The lowest BCUT2D eigenvalue weighted by Gasteiger charge is -2.15. The van der Waals surface area contributed by atoms with Crippen LogP contribution >= 0.6 is 11.3 Å². The highest BCUT2D eigenvalue weighted by atomic mass is 32.1. The van der Waals surface area contributed by atoms with E-state index in [1.54, 1.807) is 25.3 Å². The van der Waals surface area contributed by atoms with Gasteiger partial charge in [-0.1, -0.05) is 0 Å². The molecule has 1 atom stereocenters. The molecular formula is C25H21FN6O4S. The zero-order valence-electron chi connectivity index (χ0n) is 20.1. The van der Waals surface area contributed by atoms with E-state index in [1.165, 1.54) is 36.9 Å². The van der Waals surface area contributed by atoms with E-state index in [0.717, 1.165) is 15.8 Å². The third kappa shape index (κ3) is 5.38. The molecule has 188 valence electrons. The first-order valence-corrected chi connectivity index (χ1v) is 12.0. The molecule has 0 fully saturated rings. The summed E-state index contributed by atoms with van der Waals surface area (Å²) in [5.74, 6) is -0.111. The van der Waals surface area contributed by atoms with Crippen molar-refractivity contribution in [2.75, 3.05) is 19.0 Å². The van der Waals surface area contributed by atoms with Crippen LogP contribution in [0.5, 0.6) is 11.6 Å². The van der Waals surface area contributed by atoms with Crippen LogP contribution in [0.4, 0.5) is 14.9 Å². The third-order valence-corrected chi connectivity index (χ3v) is 6.31. The minimum absolute atomic E-state index is 0.0381. The first kappa shape index (κ1) is 24.3. The minimum Gasteiger partial charge on any atom is -0.484 e. The summed E-state index contributed by atoms with van der Waals surface area (Å²) in [4.78, 5) is 25.6. The largest absolute Gasteiger partial charge is 0.484 e. The van der Waals surface area contributed by atoms with Crippen LogP contribution in [0.25, 0.3) is 31.8 Å². The fourth-order valence-corrected chi connectivity index (χ4v) is 4.60. The van der Waals surface area contributed by atoms with Crippen LogP contribution < -0.4 is 14.8 Å². The topological polar surface area (TPSA) is 121 Å². The van der Waals surface area contributed by atoms with Gasteiger partial charge in [-0.15, -0.1) is 11.3 Å². The Hall–Kier alpha value is -4.45. The zero-order valence-corrected chi connectivity index (χ0v) is 20.9. The number of nitrogens with one attached hydrogen (secondary N) is 1. The molecule has 0 aliphatic heterocycles. The van der Waals surface area contributed by atoms with Gasteiger partial charge in [0.05, 0.1) is 52.6 Å². The van der Waals surface area contributed by atoms with Crippen LogP contribution in [0, 0.1) is 12.7 Å². The van der Waals surface area contributed by atoms with E-state index < -0.39 is 18.0 Å². The maximum absolute atomic E-state index is 14.8. The molecule has 0 saturated heterocycles. The van der Waals surface area contributed by atoms with Crippen molar-refractivity contribution < 1.29 is 23.4 Å². The van der Waals surface area contributed by atoms with Crippen LogP contribution in [-0.4, -0.2) is 51.1 Å². The van der Waals surface area contributed by atoms with Gasteiger partial charge in [0.25, 0.3) is 0 Å². The standard InChI is InChI=1S/C25H21FN6O4S/c1-13-6-16(23-19(7-13)31-22(34-3)11-27-23)24-32-18-8-17(26)20(9-21(18)37-24)36-14(2)12-35-25(33)30-15-4-5-28-29-10-15/h4-11,14H,12H2,1-3H3,(H,28,30,33)/t14-/m0/s1. The highest BCUT2D eigenvalue weighted by molar-refractivity contribution is 7.21. The maximum Gasteiger partial charge on any atom is 0.411 e. The van der Waals surface area contributed by atoms with Crippen LogP contribution in [0.3, 0.4) is 0 Å². The van der Waals surface area contributed by atoms with Gasteiger partial charge in [0.2, 0.25) is 5.88 Å². The van der Waals surface area contributed by atoms with Crippen molar-refractivity contribution in [2.24, 2.45) is 0 Å². The summed E-state index contributed by atoms with van der Waals surface area (Å²) in [5, 5.41) is 10.5. The Morgan fingerprint density at radius 2 is 2.00 bits per heavy atom. The van der Waals surface area contributed by atoms with Crippen LogP contribution in [0.15, 0.2) is 48.9 Å². The summed E-state index contributed by atoms with van der Waals surface area (Å²) >= 11 is 1.39. The first-order chi connectivity index (χ1) is 17.9. The number of carbonyl (C=O) groups excluding carboxylic acids is 1. The second-order valence-electron chi connectivity index (χ2n) is 8.15. The number of carbonyl (C=O) groups is 1. The van der Waals surface area contributed by atoms with Crippen molar-refractivity contribution in [3.8, 4) is 22.2 Å². The molecule has 1 amide bonds. The van der Waals surface area contributed by atoms with Crippen LogP contribution in [0.1, 0.15) is 12.5 Å². The monoisotopic (exact) mass is 520 g/mol. The molecule has 37 heavy (non-hydrogen) atoms. The molecule has 0 saturated carbocycles. The van der Waals surface area contributed by atoms with Gasteiger partial charge >= 0.3 is 6.09 Å². The zero-order chi connectivity index (χ0) is 25.9. The van der Waals surface area contributed by atoms with Crippen molar-refractivity contribution in [3.63, 3.8) is 0 Å². The number of hydrogen-bond acceptors (Lipinski definition) is 10. The van der Waals surface area contributed by atoms with Crippen molar-refractivity contribution in [3.05, 3.63) is 60.3 Å². The number of methoxy groups -OCH3 is 1. The van der Waals surface area contributed by atoms with E-state index in [4.69, 9.17) is 14.2 Å². The summed E-state index contributed by atoms with van der Waals surface area (Å²) < 4.78 is 31.7. The Morgan fingerprint density at radius 3 is 2.78 bits per heavy atom. The molecule has 0 aliphatic carbocycles. The number of aromatic nitrogens is 5. The summed E-state index contributed by atoms with van der Waals surface area (Å²) in [6.07, 6.45) is 3.09. The molecular weight excluding hydrogens is 499 g/mol. The van der Waals surface area contributed by atoms with Gasteiger partial charge in [-0.05, 0) is 37.6 Å². The summed E-state index contributed by atoms with van der Waals surface area (Å²) in [6.45, 7) is 3.54. The van der Waals surface area contributed by atoms with E-state index in [9.17, 15) is 9.18 Å². The van der Waals surface area contributed by atoms with Gasteiger partial charge in [0.15, 0.2) is 11.6 Å². The predicted octanol–water partition coefficient (Wildman–Crippen LogP) is 5.17. The molecule has 0 aliphatic rings. The average Bonchev–Trinajstić information content (AvgIpc) is 3.29. The smallest absolute Gasteiger partial charge is 0.411 e. The number of hydrogen-bond donors (Lipinski definition) is 1. The van der Waals surface area contributed by atoms with Crippen molar-refractivity contribution in [1.29, 1.82) is 0 Å². The maximum atomic E-state index is 14.8. The van der Waals surface area contributed by atoms with Gasteiger partial charge in [0, 0.05) is 17.7 Å². The quantitative estimate of drug-likeness (QED) is 0.310. The molecule has 3 heterocycles. The predicted molar refractivity (Wildman–Crippen MR) is 136 cm³/mol. The number of amides is 1. The van der Waals surface area contributed by atoms with Crippen molar-refractivity contribution >= 4 is 44.4 Å². The summed E-state index contributed by atoms with van der Waals surface area (Å²) in [6, 6.07) is 8.39. The second kappa shape index (κ2) is 10.3. The van der Waals surface area contributed by atoms with E-state index >= 15 is 0 Å². The molecule has 1 N–H and O–H groups in total. The SMILES string of the molecule is COc1cnc2c(-c3nc4cc(F)c(O[C@@H](C)COC(=O)Nc5ccnnc5)cc4s3)cc(C)cc2n1. The van der Waals surface area contributed by atoms with Gasteiger partial charge in [0.1, 0.15) is 17.7 Å². The number of rotatable bonds is 7. The summed E-state index contributed by atoms with van der Waals surface area (Å²) in [5.41, 5.74) is 4.08. The Labute approximate surface area is 214 Å². The lowest BCUT2D eigenvalue weighted by molar-refractivity contribution is 0.0969. The molecule has 0 radical (unpaired) electrons. The number of benzene rings is 2. The Kier molecular flexibility index (Phi) is 6.73. The Morgan fingerprint density at radius 1 is 1.14 bits per heavy atom. The van der Waals surface area contributed by atoms with Crippen molar-refractivity contribution in [2.45, 2.75) is 20.0 Å². The number of anilines is 1. The van der Waals surface area contributed by atoms with E-state index in [2.05, 4.69) is 30.5 Å². The van der Waals surface area contributed by atoms with Gasteiger partial charge < -0.3 is 14.2 Å². The molecule has 0 bridgehead atoms. The molecule has 2 aromatic carbocycles. The molecule has 10 nitrogen and oxygen atoms in total. The fraction of sp³-hybridized carbons (Fsp3) is 0.200. The number of thiazole rings is 1. The van der Waals surface area contributed by atoms with E-state index in [1.807, 2.05) is 19.1 Å². The van der Waals surface area contributed by atoms with E-state index in [0.29, 0.717) is 33.1 Å². The van der Waals surface area contributed by atoms with Crippen molar-refractivity contribution in [1.82, 2.24) is 25.1 Å². The minimum atomic E-state index is -0.683. The van der Waals surface area contributed by atoms with Crippen LogP contribution in [0.2, 0.25) is 0 Å². The third-order valence-electron chi connectivity index (χ3n) is 5.26. The highest BCUT2D eigenvalue weighted by Crippen LogP contribution is 2.37. The Balaban J connectivity index is 1.34. The van der Waals surface area contributed by atoms with Crippen LogP contribution in [-0.2, 0) is 4.74 Å². The first-order valence-electron chi connectivity index (χ1n) is 11.2. The Bertz CT molecular complexity index is 1600. The van der Waals surface area contributed by atoms with Gasteiger partial charge in [-0.25, -0.2) is 24.1 Å². The fourth-order valence-electron chi connectivity index (χ4n) is 3.61.